The Morgan fingerprint density at radius 3 is 1.73 bits per heavy atom. The van der Waals surface area contributed by atoms with E-state index in [-0.39, 0.29) is 0 Å². The van der Waals surface area contributed by atoms with Gasteiger partial charge in [0.15, 0.2) is 0 Å². The zero-order chi connectivity index (χ0) is 10.7. The first-order valence-electron chi connectivity index (χ1n) is 5.10. The van der Waals surface area contributed by atoms with Crippen molar-refractivity contribution >= 4 is 10.2 Å². The summed E-state index contributed by atoms with van der Waals surface area (Å²) in [4.78, 5) is 0. The third-order valence-electron chi connectivity index (χ3n) is 2.54. The van der Waals surface area contributed by atoms with Gasteiger partial charge < -0.3 is 0 Å². The summed E-state index contributed by atoms with van der Waals surface area (Å²) in [5, 5.41) is 0. The maximum atomic E-state index is 3.49. The van der Waals surface area contributed by atoms with E-state index in [2.05, 4.69) is 65.7 Å². The zero-order valence-electron chi connectivity index (χ0n) is 8.83. The van der Waals surface area contributed by atoms with E-state index in [9.17, 15) is 0 Å². The lowest BCUT2D eigenvalue weighted by molar-refractivity contribution is 1.40. The topological polar surface area (TPSA) is 0 Å². The molecule has 0 atom stereocenters. The van der Waals surface area contributed by atoms with E-state index >= 15 is 0 Å². The molecule has 0 N–H and O–H groups in total. The van der Waals surface area contributed by atoms with Crippen molar-refractivity contribution in [3.05, 3.63) is 59.7 Å². The fraction of sp³-hybridized carbons (Fsp3) is 0.143. The number of rotatable bonds is 2. The van der Waals surface area contributed by atoms with Crippen molar-refractivity contribution < 1.29 is 0 Å². The van der Waals surface area contributed by atoms with E-state index in [1.54, 1.807) is 0 Å². The molecule has 0 spiro atoms. The summed E-state index contributed by atoms with van der Waals surface area (Å²) in [7, 11) is 3.49. The predicted molar refractivity (Wildman–Crippen MR) is 66.1 cm³/mol. The summed E-state index contributed by atoms with van der Waals surface area (Å²) in [5.41, 5.74) is 5.16. The van der Waals surface area contributed by atoms with Gasteiger partial charge in [-0.2, -0.15) is 0 Å². The number of hydrogen-bond donors (Lipinski definition) is 0. The third-order valence-corrected chi connectivity index (χ3v) is 2.95. The summed E-state index contributed by atoms with van der Waals surface area (Å²) in [5.74, 6) is 0. The van der Waals surface area contributed by atoms with E-state index < -0.39 is 0 Å². The van der Waals surface area contributed by atoms with Crippen LogP contribution in [0.15, 0.2) is 48.5 Å². The standard InChI is InChI=1S/C14H13Si/c1-11-2-6-13(7-3-11)14-8-4-12(10-15)5-9-14/h2-9H,10H2,1H3. The quantitative estimate of drug-likeness (QED) is 0.666. The van der Waals surface area contributed by atoms with Crippen LogP contribution in [0.25, 0.3) is 11.1 Å². The lowest BCUT2D eigenvalue weighted by Crippen LogP contribution is -1.83. The van der Waals surface area contributed by atoms with Crippen LogP contribution in [0.2, 0.25) is 0 Å². The largest absolute Gasteiger partial charge is 0.0587 e. The first-order chi connectivity index (χ1) is 7.29. The molecule has 0 heterocycles. The van der Waals surface area contributed by atoms with Crippen LogP contribution in [0.5, 0.6) is 0 Å². The highest BCUT2D eigenvalue weighted by atomic mass is 28.1. The molecule has 73 valence electrons. The highest BCUT2D eigenvalue weighted by molar-refractivity contribution is 6.08. The summed E-state index contributed by atoms with van der Waals surface area (Å²) in [6, 6.07) is 18.2. The Kier molecular flexibility index (Phi) is 3.02. The predicted octanol–water partition coefficient (Wildman–Crippen LogP) is 3.33. The second-order valence-corrected chi connectivity index (χ2v) is 4.09. The normalized spacial score (nSPS) is 10.3. The molecule has 0 aliphatic rings. The average Bonchev–Trinajstić information content (AvgIpc) is 2.30. The molecule has 2 aromatic carbocycles. The minimum absolute atomic E-state index is 0.911. The van der Waals surface area contributed by atoms with Crippen LogP contribution >= 0.6 is 0 Å². The van der Waals surface area contributed by atoms with Gasteiger partial charge in [0.1, 0.15) is 0 Å². The van der Waals surface area contributed by atoms with Crippen LogP contribution < -0.4 is 0 Å². The molecule has 1 heteroatoms. The molecule has 0 saturated heterocycles. The Morgan fingerprint density at radius 2 is 1.27 bits per heavy atom. The number of benzene rings is 2. The minimum atomic E-state index is 0.911. The summed E-state index contributed by atoms with van der Waals surface area (Å²) < 4.78 is 0. The van der Waals surface area contributed by atoms with Gasteiger partial charge >= 0.3 is 0 Å². The third kappa shape index (κ3) is 2.36. The van der Waals surface area contributed by atoms with E-state index in [1.165, 1.54) is 22.3 Å². The Labute approximate surface area is 94.4 Å². The van der Waals surface area contributed by atoms with Crippen LogP contribution in [-0.4, -0.2) is 10.2 Å². The van der Waals surface area contributed by atoms with Gasteiger partial charge in [-0.3, -0.25) is 0 Å². The molecule has 3 radical (unpaired) electrons. The Morgan fingerprint density at radius 1 is 0.800 bits per heavy atom. The van der Waals surface area contributed by atoms with E-state index in [1.807, 2.05) is 0 Å². The van der Waals surface area contributed by atoms with Crippen molar-refractivity contribution in [2.24, 2.45) is 0 Å². The fourth-order valence-corrected chi connectivity index (χ4v) is 1.80. The number of hydrogen-bond acceptors (Lipinski definition) is 0. The van der Waals surface area contributed by atoms with Crippen molar-refractivity contribution in [2.75, 3.05) is 0 Å². The highest BCUT2D eigenvalue weighted by Gasteiger charge is 1.96. The van der Waals surface area contributed by atoms with Gasteiger partial charge in [-0.25, -0.2) is 0 Å². The van der Waals surface area contributed by atoms with Crippen LogP contribution in [0.4, 0.5) is 0 Å². The molecule has 0 nitrogen and oxygen atoms in total. The summed E-state index contributed by atoms with van der Waals surface area (Å²) in [6.07, 6.45) is 0. The Hall–Kier alpha value is -1.34. The Balaban J connectivity index is 2.33. The summed E-state index contributed by atoms with van der Waals surface area (Å²) in [6.45, 7) is 2.11. The molecular formula is C14H13Si. The molecular weight excluding hydrogens is 196 g/mol. The summed E-state index contributed by atoms with van der Waals surface area (Å²) >= 11 is 0. The van der Waals surface area contributed by atoms with Gasteiger partial charge in [0.25, 0.3) is 0 Å². The van der Waals surface area contributed by atoms with Crippen LogP contribution in [0.3, 0.4) is 0 Å². The number of aryl methyl sites for hydroxylation is 1. The smallest absolute Gasteiger partial charge is 0.0283 e. The van der Waals surface area contributed by atoms with Crippen molar-refractivity contribution in [3.63, 3.8) is 0 Å². The monoisotopic (exact) mass is 209 g/mol. The fourth-order valence-electron chi connectivity index (χ4n) is 1.56. The van der Waals surface area contributed by atoms with Gasteiger partial charge in [0.2, 0.25) is 0 Å². The second kappa shape index (κ2) is 4.45. The molecule has 0 amide bonds. The first-order valence-corrected chi connectivity index (χ1v) is 5.81. The van der Waals surface area contributed by atoms with Crippen molar-refractivity contribution in [1.29, 1.82) is 0 Å². The Bertz CT molecular complexity index is 426. The minimum Gasteiger partial charge on any atom is -0.0587 e. The highest BCUT2D eigenvalue weighted by Crippen LogP contribution is 2.20. The molecule has 0 fully saturated rings. The molecule has 15 heavy (non-hydrogen) atoms. The zero-order valence-corrected chi connectivity index (χ0v) is 9.83. The molecule has 0 unspecified atom stereocenters. The molecule has 0 bridgehead atoms. The molecule has 2 rings (SSSR count). The van der Waals surface area contributed by atoms with Crippen molar-refractivity contribution in [3.8, 4) is 11.1 Å². The molecule has 0 saturated carbocycles. The average molecular weight is 209 g/mol. The van der Waals surface area contributed by atoms with E-state index in [0.717, 1.165) is 6.04 Å². The van der Waals surface area contributed by atoms with Crippen LogP contribution in [-0.2, 0) is 6.04 Å². The van der Waals surface area contributed by atoms with Crippen LogP contribution in [0.1, 0.15) is 11.1 Å². The van der Waals surface area contributed by atoms with E-state index in [0.29, 0.717) is 0 Å². The molecule has 0 aliphatic heterocycles. The molecule has 2 aromatic rings. The van der Waals surface area contributed by atoms with Gasteiger partial charge in [-0.15, -0.1) is 0 Å². The molecule has 0 aliphatic carbocycles. The van der Waals surface area contributed by atoms with Crippen LogP contribution in [0, 0.1) is 6.92 Å². The maximum Gasteiger partial charge on any atom is 0.0283 e. The molecule has 0 aromatic heterocycles. The maximum absolute atomic E-state index is 3.49. The lowest BCUT2D eigenvalue weighted by atomic mass is 10.0. The van der Waals surface area contributed by atoms with E-state index in [4.69, 9.17) is 0 Å². The van der Waals surface area contributed by atoms with Crippen molar-refractivity contribution in [1.82, 2.24) is 0 Å². The van der Waals surface area contributed by atoms with Gasteiger partial charge in [0, 0.05) is 10.2 Å². The van der Waals surface area contributed by atoms with Crippen molar-refractivity contribution in [2.45, 2.75) is 13.0 Å². The lowest BCUT2D eigenvalue weighted by Gasteiger charge is -2.03. The van der Waals surface area contributed by atoms with Gasteiger partial charge in [0.05, 0.1) is 0 Å². The second-order valence-electron chi connectivity index (χ2n) is 3.74. The first kappa shape index (κ1) is 10.2. The SMILES string of the molecule is Cc1ccc(-c2ccc(C[Si])cc2)cc1. The van der Waals surface area contributed by atoms with Gasteiger partial charge in [-0.05, 0) is 24.1 Å². The van der Waals surface area contributed by atoms with Gasteiger partial charge in [-0.1, -0.05) is 59.7 Å².